The summed E-state index contributed by atoms with van der Waals surface area (Å²) in [6, 6.07) is 2.14. The molecule has 0 radical (unpaired) electrons. The van der Waals surface area contributed by atoms with Crippen molar-refractivity contribution in [3.63, 3.8) is 0 Å². The number of piperidine rings is 1. The zero-order chi connectivity index (χ0) is 13.3. The molecule has 0 aromatic carbocycles. The van der Waals surface area contributed by atoms with E-state index < -0.39 is 0 Å². The Kier molecular flexibility index (Phi) is 4.16. The van der Waals surface area contributed by atoms with E-state index in [0.717, 1.165) is 12.5 Å². The minimum atomic E-state index is 0.0290. The van der Waals surface area contributed by atoms with Gasteiger partial charge in [-0.05, 0) is 64.8 Å². The van der Waals surface area contributed by atoms with Crippen molar-refractivity contribution >= 4 is 0 Å². The third kappa shape index (κ3) is 3.14. The van der Waals surface area contributed by atoms with Crippen molar-refractivity contribution in [2.75, 3.05) is 13.2 Å². The second-order valence-electron chi connectivity index (χ2n) is 7.19. The van der Waals surface area contributed by atoms with E-state index in [4.69, 9.17) is 0 Å². The van der Waals surface area contributed by atoms with Gasteiger partial charge in [0.2, 0.25) is 0 Å². The molecular weight excluding hydrogens is 236 g/mol. The Balaban J connectivity index is 1.65. The first-order chi connectivity index (χ1) is 9.22. The van der Waals surface area contributed by atoms with Gasteiger partial charge in [-0.25, -0.2) is 0 Å². The normalized spacial score (nSPS) is 41.4. The van der Waals surface area contributed by atoms with Crippen LogP contribution in [0.25, 0.3) is 0 Å². The molecule has 0 spiro atoms. The summed E-state index contributed by atoms with van der Waals surface area (Å²) < 4.78 is 0. The van der Waals surface area contributed by atoms with Gasteiger partial charge < -0.3 is 10.4 Å². The molecule has 1 saturated heterocycles. The fraction of sp³-hybridized carbons (Fsp3) is 1.00. The molecule has 3 heteroatoms. The van der Waals surface area contributed by atoms with Crippen LogP contribution in [0, 0.1) is 0 Å². The number of hydrogen-bond acceptors (Lipinski definition) is 3. The highest BCUT2D eigenvalue weighted by Crippen LogP contribution is 2.36. The van der Waals surface area contributed by atoms with E-state index in [-0.39, 0.29) is 5.54 Å². The molecule has 0 aromatic heterocycles. The Bertz CT molecular complexity index is 305. The summed E-state index contributed by atoms with van der Waals surface area (Å²) >= 11 is 0. The Morgan fingerprint density at radius 1 is 1.16 bits per heavy atom. The zero-order valence-electron chi connectivity index (χ0n) is 12.4. The van der Waals surface area contributed by atoms with E-state index in [1.54, 1.807) is 0 Å². The van der Waals surface area contributed by atoms with E-state index in [1.165, 1.54) is 57.9 Å². The van der Waals surface area contributed by atoms with Crippen LogP contribution in [0.1, 0.15) is 64.7 Å². The number of likely N-dealkylation sites (tertiary alicyclic amines) is 1. The highest BCUT2D eigenvalue weighted by molar-refractivity contribution is 5.01. The van der Waals surface area contributed by atoms with Crippen molar-refractivity contribution < 1.29 is 5.11 Å². The molecule has 0 amide bonds. The highest BCUT2D eigenvalue weighted by atomic mass is 16.3. The average molecular weight is 266 g/mol. The van der Waals surface area contributed by atoms with E-state index >= 15 is 0 Å². The van der Waals surface area contributed by atoms with Crippen molar-refractivity contribution in [1.29, 1.82) is 0 Å². The van der Waals surface area contributed by atoms with Gasteiger partial charge in [0, 0.05) is 23.7 Å². The summed E-state index contributed by atoms with van der Waals surface area (Å²) in [5, 5.41) is 13.7. The Labute approximate surface area is 117 Å². The second-order valence-corrected chi connectivity index (χ2v) is 7.19. The number of nitrogens with zero attached hydrogens (tertiary/aromatic N) is 1. The minimum Gasteiger partial charge on any atom is -0.394 e. The van der Waals surface area contributed by atoms with Crippen LogP contribution in [0.3, 0.4) is 0 Å². The number of nitrogens with one attached hydrogen (secondary N) is 1. The number of aliphatic hydroxyl groups is 1. The van der Waals surface area contributed by atoms with Crippen LogP contribution in [0.4, 0.5) is 0 Å². The average Bonchev–Trinajstić information content (AvgIpc) is 3.23. The lowest BCUT2D eigenvalue weighted by atomic mass is 9.78. The second kappa shape index (κ2) is 5.71. The third-order valence-corrected chi connectivity index (χ3v) is 5.53. The largest absolute Gasteiger partial charge is 0.394 e. The van der Waals surface area contributed by atoms with Gasteiger partial charge in [-0.3, -0.25) is 4.90 Å². The predicted octanol–water partition coefficient (Wildman–Crippen LogP) is 2.29. The molecule has 110 valence electrons. The van der Waals surface area contributed by atoms with Crippen LogP contribution in [0.15, 0.2) is 0 Å². The lowest BCUT2D eigenvalue weighted by molar-refractivity contribution is 0.0273. The molecule has 0 aromatic rings. The molecule has 3 aliphatic rings. The SMILES string of the molecule is CC1CCCCN1C1CCCC(CO)(NC2CC2)C1. The summed E-state index contributed by atoms with van der Waals surface area (Å²) in [6.07, 6.45) is 11.7. The van der Waals surface area contributed by atoms with Gasteiger partial charge in [0.05, 0.1) is 6.61 Å². The van der Waals surface area contributed by atoms with Gasteiger partial charge in [-0.1, -0.05) is 6.42 Å². The first-order valence-electron chi connectivity index (χ1n) is 8.37. The molecule has 0 bridgehead atoms. The zero-order valence-corrected chi connectivity index (χ0v) is 12.4. The molecule has 19 heavy (non-hydrogen) atoms. The maximum atomic E-state index is 9.92. The van der Waals surface area contributed by atoms with E-state index in [0.29, 0.717) is 18.7 Å². The van der Waals surface area contributed by atoms with Gasteiger partial charge in [-0.15, -0.1) is 0 Å². The molecule has 3 atom stereocenters. The Hall–Kier alpha value is -0.120. The van der Waals surface area contributed by atoms with Crippen LogP contribution in [0.5, 0.6) is 0 Å². The van der Waals surface area contributed by atoms with Gasteiger partial charge in [0.25, 0.3) is 0 Å². The molecule has 1 heterocycles. The third-order valence-electron chi connectivity index (χ3n) is 5.53. The smallest absolute Gasteiger partial charge is 0.0613 e. The maximum absolute atomic E-state index is 9.92. The predicted molar refractivity (Wildman–Crippen MR) is 78.2 cm³/mol. The van der Waals surface area contributed by atoms with Crippen LogP contribution in [0.2, 0.25) is 0 Å². The standard InChI is InChI=1S/C16H30N2O/c1-13-5-2-3-10-18(13)15-6-4-9-16(11-15,12-19)17-14-7-8-14/h13-15,17,19H,2-12H2,1H3. The van der Waals surface area contributed by atoms with E-state index in [2.05, 4.69) is 17.1 Å². The molecular formula is C16H30N2O. The number of aliphatic hydroxyl groups excluding tert-OH is 1. The molecule has 2 N–H and O–H groups in total. The minimum absolute atomic E-state index is 0.0290. The summed E-state index contributed by atoms with van der Waals surface area (Å²) in [4.78, 5) is 2.74. The molecule has 3 fully saturated rings. The van der Waals surface area contributed by atoms with Crippen molar-refractivity contribution in [3.05, 3.63) is 0 Å². The monoisotopic (exact) mass is 266 g/mol. The van der Waals surface area contributed by atoms with Crippen LogP contribution in [-0.4, -0.2) is 46.8 Å². The quantitative estimate of drug-likeness (QED) is 0.819. The number of rotatable bonds is 4. The van der Waals surface area contributed by atoms with Gasteiger partial charge in [0.15, 0.2) is 0 Å². The molecule has 2 aliphatic carbocycles. The summed E-state index contributed by atoms with van der Waals surface area (Å²) in [7, 11) is 0. The fourth-order valence-corrected chi connectivity index (χ4v) is 4.26. The molecule has 3 nitrogen and oxygen atoms in total. The van der Waals surface area contributed by atoms with E-state index in [9.17, 15) is 5.11 Å². The Morgan fingerprint density at radius 2 is 2.00 bits per heavy atom. The highest BCUT2D eigenvalue weighted by Gasteiger charge is 2.42. The lowest BCUT2D eigenvalue weighted by Crippen LogP contribution is -2.58. The lowest BCUT2D eigenvalue weighted by Gasteiger charge is -2.47. The summed E-state index contributed by atoms with van der Waals surface area (Å²) in [5.41, 5.74) is 0.0290. The molecule has 2 saturated carbocycles. The first kappa shape index (κ1) is 13.8. The van der Waals surface area contributed by atoms with Crippen molar-refractivity contribution in [2.45, 2.75) is 88.4 Å². The Morgan fingerprint density at radius 3 is 2.68 bits per heavy atom. The van der Waals surface area contributed by atoms with Crippen LogP contribution >= 0.6 is 0 Å². The maximum Gasteiger partial charge on any atom is 0.0613 e. The van der Waals surface area contributed by atoms with Crippen LogP contribution in [-0.2, 0) is 0 Å². The summed E-state index contributed by atoms with van der Waals surface area (Å²) in [6.45, 7) is 3.99. The van der Waals surface area contributed by atoms with Gasteiger partial charge in [0.1, 0.15) is 0 Å². The van der Waals surface area contributed by atoms with Crippen molar-refractivity contribution in [1.82, 2.24) is 10.2 Å². The molecule has 3 unspecified atom stereocenters. The van der Waals surface area contributed by atoms with E-state index in [1.807, 2.05) is 0 Å². The van der Waals surface area contributed by atoms with Crippen molar-refractivity contribution in [2.24, 2.45) is 0 Å². The van der Waals surface area contributed by atoms with Crippen LogP contribution < -0.4 is 5.32 Å². The summed E-state index contributed by atoms with van der Waals surface area (Å²) in [5.74, 6) is 0. The van der Waals surface area contributed by atoms with Crippen molar-refractivity contribution in [3.8, 4) is 0 Å². The fourth-order valence-electron chi connectivity index (χ4n) is 4.26. The number of hydrogen-bond donors (Lipinski definition) is 2. The van der Waals surface area contributed by atoms with Gasteiger partial charge >= 0.3 is 0 Å². The van der Waals surface area contributed by atoms with Gasteiger partial charge in [-0.2, -0.15) is 0 Å². The molecule has 3 rings (SSSR count). The topological polar surface area (TPSA) is 35.5 Å². The first-order valence-corrected chi connectivity index (χ1v) is 8.37. The molecule has 1 aliphatic heterocycles.